The van der Waals surface area contributed by atoms with Gasteiger partial charge in [0, 0.05) is 23.0 Å². The first-order chi connectivity index (χ1) is 10.2. The summed E-state index contributed by atoms with van der Waals surface area (Å²) in [5.41, 5.74) is 2.13. The maximum atomic E-state index is 12.2. The Balaban J connectivity index is 1.83. The predicted molar refractivity (Wildman–Crippen MR) is 84.3 cm³/mol. The number of amides is 1. The molecule has 2 aromatic carbocycles. The Morgan fingerprint density at radius 1 is 1.19 bits per heavy atom. The zero-order valence-electron chi connectivity index (χ0n) is 11.3. The molecule has 1 aromatic heterocycles. The second-order valence-corrected chi connectivity index (χ2v) is 4.99. The van der Waals surface area contributed by atoms with Gasteiger partial charge in [-0.1, -0.05) is 17.7 Å². The molecular formula is C16H13ClN2O2. The smallest absolute Gasteiger partial charge is 0.255 e. The summed E-state index contributed by atoms with van der Waals surface area (Å²) in [6, 6.07) is 12.6. The largest absolute Gasteiger partial charge is 0.495 e. The molecule has 0 fully saturated rings. The van der Waals surface area contributed by atoms with Crippen LogP contribution in [-0.4, -0.2) is 18.0 Å². The molecule has 106 valence electrons. The van der Waals surface area contributed by atoms with Gasteiger partial charge in [-0.25, -0.2) is 0 Å². The topological polar surface area (TPSA) is 54.1 Å². The zero-order valence-corrected chi connectivity index (χ0v) is 12.1. The van der Waals surface area contributed by atoms with E-state index in [1.807, 2.05) is 24.4 Å². The monoisotopic (exact) mass is 300 g/mol. The number of halogens is 1. The van der Waals surface area contributed by atoms with Crippen LogP contribution >= 0.6 is 11.6 Å². The fraction of sp³-hybridized carbons (Fsp3) is 0.0625. The van der Waals surface area contributed by atoms with E-state index in [-0.39, 0.29) is 5.91 Å². The molecule has 0 radical (unpaired) electrons. The van der Waals surface area contributed by atoms with Crippen LogP contribution in [0.15, 0.2) is 48.7 Å². The normalized spacial score (nSPS) is 10.6. The van der Waals surface area contributed by atoms with Gasteiger partial charge in [0.05, 0.1) is 12.1 Å². The summed E-state index contributed by atoms with van der Waals surface area (Å²) in [5.74, 6) is 0.384. The van der Waals surface area contributed by atoms with Gasteiger partial charge in [-0.15, -0.1) is 0 Å². The number of aromatic nitrogens is 1. The molecule has 0 saturated carbocycles. The Bertz CT molecular complexity index is 811. The van der Waals surface area contributed by atoms with E-state index in [0.717, 1.165) is 10.9 Å². The lowest BCUT2D eigenvalue weighted by Crippen LogP contribution is -2.11. The number of aromatic amines is 1. The molecule has 0 aliphatic heterocycles. The van der Waals surface area contributed by atoms with Gasteiger partial charge in [0.15, 0.2) is 0 Å². The number of nitrogens with one attached hydrogen (secondary N) is 2. The van der Waals surface area contributed by atoms with Crippen molar-refractivity contribution >= 4 is 34.1 Å². The van der Waals surface area contributed by atoms with E-state index in [1.165, 1.54) is 0 Å². The molecule has 0 aliphatic rings. The highest BCUT2D eigenvalue weighted by Crippen LogP contribution is 2.27. The number of carbonyl (C=O) groups is 1. The molecular weight excluding hydrogens is 288 g/mol. The van der Waals surface area contributed by atoms with Crippen LogP contribution in [0, 0.1) is 0 Å². The second kappa shape index (κ2) is 5.50. The summed E-state index contributed by atoms with van der Waals surface area (Å²) < 4.78 is 5.08. The van der Waals surface area contributed by atoms with Gasteiger partial charge in [0.2, 0.25) is 0 Å². The third kappa shape index (κ3) is 2.71. The highest BCUT2D eigenvalue weighted by atomic mass is 35.5. The predicted octanol–water partition coefficient (Wildman–Crippen LogP) is 4.08. The van der Waals surface area contributed by atoms with Crippen molar-refractivity contribution in [3.63, 3.8) is 0 Å². The van der Waals surface area contributed by atoms with Gasteiger partial charge < -0.3 is 15.0 Å². The number of fused-ring (bicyclic) bond motifs is 1. The molecule has 3 aromatic rings. The average molecular weight is 301 g/mol. The van der Waals surface area contributed by atoms with Crippen molar-refractivity contribution in [2.75, 3.05) is 12.4 Å². The minimum atomic E-state index is -0.187. The summed E-state index contributed by atoms with van der Waals surface area (Å²) in [6.07, 6.45) is 1.84. The molecule has 0 aliphatic carbocycles. The Labute approximate surface area is 126 Å². The molecule has 0 unspecified atom stereocenters. The van der Waals surface area contributed by atoms with Gasteiger partial charge >= 0.3 is 0 Å². The molecule has 2 N–H and O–H groups in total. The van der Waals surface area contributed by atoms with Gasteiger partial charge in [0.1, 0.15) is 5.75 Å². The third-order valence-corrected chi connectivity index (χ3v) is 3.52. The van der Waals surface area contributed by atoms with Crippen LogP contribution in [0.5, 0.6) is 5.75 Å². The lowest BCUT2D eigenvalue weighted by molar-refractivity contribution is 0.102. The molecule has 0 saturated heterocycles. The number of H-pyrrole nitrogens is 1. The zero-order chi connectivity index (χ0) is 14.8. The Kier molecular flexibility index (Phi) is 3.54. The quantitative estimate of drug-likeness (QED) is 0.765. The standard InChI is InChI=1S/C16H13ClN2O2/c1-21-15-5-4-12(9-13(15)17)19-16(20)11-3-2-10-6-7-18-14(10)8-11/h2-9,18H,1H3,(H,19,20). The molecule has 4 nitrogen and oxygen atoms in total. The number of rotatable bonds is 3. The number of carbonyl (C=O) groups excluding carboxylic acids is 1. The number of methoxy groups -OCH3 is 1. The van der Waals surface area contributed by atoms with Crippen LogP contribution in [-0.2, 0) is 0 Å². The van der Waals surface area contributed by atoms with Crippen molar-refractivity contribution in [3.8, 4) is 5.75 Å². The molecule has 21 heavy (non-hydrogen) atoms. The van der Waals surface area contributed by atoms with E-state index < -0.39 is 0 Å². The first-order valence-electron chi connectivity index (χ1n) is 6.39. The average Bonchev–Trinajstić information content (AvgIpc) is 2.94. The lowest BCUT2D eigenvalue weighted by atomic mass is 10.1. The van der Waals surface area contributed by atoms with E-state index >= 15 is 0 Å². The van der Waals surface area contributed by atoms with Crippen LogP contribution in [0.4, 0.5) is 5.69 Å². The minimum absolute atomic E-state index is 0.187. The summed E-state index contributed by atoms with van der Waals surface area (Å²) in [5, 5.41) is 4.34. The summed E-state index contributed by atoms with van der Waals surface area (Å²) in [7, 11) is 1.55. The molecule has 0 bridgehead atoms. The van der Waals surface area contributed by atoms with Crippen molar-refractivity contribution < 1.29 is 9.53 Å². The summed E-state index contributed by atoms with van der Waals surface area (Å²) in [4.78, 5) is 15.3. The van der Waals surface area contributed by atoms with E-state index in [0.29, 0.717) is 22.0 Å². The lowest BCUT2D eigenvalue weighted by Gasteiger charge is -2.08. The fourth-order valence-corrected chi connectivity index (χ4v) is 2.39. The SMILES string of the molecule is COc1ccc(NC(=O)c2ccc3cc[nH]c3c2)cc1Cl. The molecule has 0 atom stereocenters. The van der Waals surface area contributed by atoms with Gasteiger partial charge in [-0.3, -0.25) is 4.79 Å². The first-order valence-corrected chi connectivity index (χ1v) is 6.77. The maximum absolute atomic E-state index is 12.2. The van der Waals surface area contributed by atoms with E-state index in [9.17, 15) is 4.79 Å². The van der Waals surface area contributed by atoms with E-state index in [2.05, 4.69) is 10.3 Å². The first kappa shape index (κ1) is 13.5. The van der Waals surface area contributed by atoms with E-state index in [1.54, 1.807) is 31.4 Å². The minimum Gasteiger partial charge on any atom is -0.495 e. The molecule has 0 spiro atoms. The molecule has 1 heterocycles. The second-order valence-electron chi connectivity index (χ2n) is 4.58. The van der Waals surface area contributed by atoms with Gasteiger partial charge in [-0.2, -0.15) is 0 Å². The van der Waals surface area contributed by atoms with Crippen molar-refractivity contribution in [1.29, 1.82) is 0 Å². The Morgan fingerprint density at radius 3 is 2.81 bits per heavy atom. The van der Waals surface area contributed by atoms with Gasteiger partial charge in [-0.05, 0) is 41.8 Å². The van der Waals surface area contributed by atoms with Crippen molar-refractivity contribution in [3.05, 3.63) is 59.2 Å². The Morgan fingerprint density at radius 2 is 2.05 bits per heavy atom. The number of hydrogen-bond donors (Lipinski definition) is 2. The molecule has 5 heteroatoms. The summed E-state index contributed by atoms with van der Waals surface area (Å²) >= 11 is 6.04. The molecule has 1 amide bonds. The number of benzene rings is 2. The number of anilines is 1. The van der Waals surface area contributed by atoms with Crippen LogP contribution < -0.4 is 10.1 Å². The third-order valence-electron chi connectivity index (χ3n) is 3.23. The summed E-state index contributed by atoms with van der Waals surface area (Å²) in [6.45, 7) is 0. The molecule has 3 rings (SSSR count). The maximum Gasteiger partial charge on any atom is 0.255 e. The number of ether oxygens (including phenoxy) is 1. The van der Waals surface area contributed by atoms with Crippen LogP contribution in [0.1, 0.15) is 10.4 Å². The van der Waals surface area contributed by atoms with Gasteiger partial charge in [0.25, 0.3) is 5.91 Å². The highest BCUT2D eigenvalue weighted by Gasteiger charge is 2.09. The number of hydrogen-bond acceptors (Lipinski definition) is 2. The van der Waals surface area contributed by atoms with Crippen molar-refractivity contribution in [2.24, 2.45) is 0 Å². The van der Waals surface area contributed by atoms with Crippen LogP contribution in [0.3, 0.4) is 0 Å². The van der Waals surface area contributed by atoms with Crippen LogP contribution in [0.2, 0.25) is 5.02 Å². The fourth-order valence-electron chi connectivity index (χ4n) is 2.14. The van der Waals surface area contributed by atoms with Crippen LogP contribution in [0.25, 0.3) is 10.9 Å². The van der Waals surface area contributed by atoms with E-state index in [4.69, 9.17) is 16.3 Å². The van der Waals surface area contributed by atoms with Crippen molar-refractivity contribution in [2.45, 2.75) is 0 Å². The highest BCUT2D eigenvalue weighted by molar-refractivity contribution is 6.32. The Hall–Kier alpha value is -2.46. The van der Waals surface area contributed by atoms with Crippen molar-refractivity contribution in [1.82, 2.24) is 4.98 Å².